The van der Waals surface area contributed by atoms with Gasteiger partial charge in [-0.05, 0) is 38.3 Å². The van der Waals surface area contributed by atoms with Gasteiger partial charge in [-0.3, -0.25) is 9.59 Å². The van der Waals surface area contributed by atoms with E-state index in [2.05, 4.69) is 4.98 Å². The van der Waals surface area contributed by atoms with E-state index in [9.17, 15) is 24.6 Å². The number of aromatic nitrogens is 3. The van der Waals surface area contributed by atoms with Crippen LogP contribution in [0.25, 0.3) is 11.4 Å². The highest BCUT2D eigenvalue weighted by Gasteiger charge is 2.32. The Bertz CT molecular complexity index is 1350. The van der Waals surface area contributed by atoms with E-state index in [0.29, 0.717) is 66.1 Å². The summed E-state index contributed by atoms with van der Waals surface area (Å²) in [7, 11) is 3.01. The van der Waals surface area contributed by atoms with Crippen molar-refractivity contribution < 1.29 is 29.3 Å². The molecule has 1 aliphatic carbocycles. The van der Waals surface area contributed by atoms with Crippen molar-refractivity contribution in [3.63, 3.8) is 0 Å². The number of imidazole rings is 1. The van der Waals surface area contributed by atoms with Crippen molar-refractivity contribution in [1.82, 2.24) is 14.1 Å². The van der Waals surface area contributed by atoms with Crippen molar-refractivity contribution in [2.24, 2.45) is 0 Å². The second-order valence-corrected chi connectivity index (χ2v) is 7.91. The molecule has 0 saturated heterocycles. The summed E-state index contributed by atoms with van der Waals surface area (Å²) in [6, 6.07) is 5.10. The van der Waals surface area contributed by atoms with Crippen LogP contribution in [-0.4, -0.2) is 50.8 Å². The van der Waals surface area contributed by atoms with Crippen LogP contribution in [0.2, 0.25) is 0 Å². The first-order chi connectivity index (χ1) is 16.4. The number of aromatic carboxylic acids is 1. The molecule has 178 valence electrons. The van der Waals surface area contributed by atoms with Gasteiger partial charge in [-0.1, -0.05) is 0 Å². The molecule has 0 unspecified atom stereocenters. The van der Waals surface area contributed by atoms with Gasteiger partial charge in [0, 0.05) is 29.4 Å². The lowest BCUT2D eigenvalue weighted by Crippen LogP contribution is -2.30. The number of carboxylic acids is 1. The first-order valence-corrected chi connectivity index (χ1v) is 10.8. The quantitative estimate of drug-likeness (QED) is 0.507. The van der Waals surface area contributed by atoms with Crippen molar-refractivity contribution in [2.75, 3.05) is 14.2 Å². The predicted octanol–water partition coefficient (Wildman–Crippen LogP) is 2.50. The number of benzene rings is 1. The lowest BCUT2D eigenvalue weighted by atomic mass is 10.0. The van der Waals surface area contributed by atoms with Crippen LogP contribution >= 0.6 is 0 Å². The SMILES string of the molecule is CCn1c(C=O)nc2c1CCCc1c(O)c(C(=O)O)c(=O)n(Cc3ccc(OC)cc3OC)c1-2. The number of nitrogens with zero attached hydrogens (tertiary/aromatic N) is 3. The van der Waals surface area contributed by atoms with Crippen molar-refractivity contribution in [3.05, 3.63) is 56.8 Å². The van der Waals surface area contributed by atoms with Gasteiger partial charge in [-0.2, -0.15) is 0 Å². The average molecular weight is 467 g/mol. The Kier molecular flexibility index (Phi) is 6.14. The minimum absolute atomic E-state index is 0.0380. The maximum Gasteiger partial charge on any atom is 0.345 e. The second-order valence-electron chi connectivity index (χ2n) is 7.91. The lowest BCUT2D eigenvalue weighted by molar-refractivity contribution is 0.0690. The van der Waals surface area contributed by atoms with Crippen LogP contribution in [0, 0.1) is 0 Å². The molecule has 0 aliphatic heterocycles. The Labute approximate surface area is 195 Å². The number of rotatable bonds is 7. The summed E-state index contributed by atoms with van der Waals surface area (Å²) >= 11 is 0. The molecule has 3 aromatic rings. The molecule has 1 aliphatic rings. The summed E-state index contributed by atoms with van der Waals surface area (Å²) in [5.41, 5.74) is 0.836. The molecule has 34 heavy (non-hydrogen) atoms. The Balaban J connectivity index is 2.06. The Hall–Kier alpha value is -4.08. The van der Waals surface area contributed by atoms with Crippen LogP contribution in [-0.2, 0) is 25.9 Å². The largest absolute Gasteiger partial charge is 0.506 e. The Morgan fingerprint density at radius 2 is 1.97 bits per heavy atom. The zero-order valence-corrected chi connectivity index (χ0v) is 19.1. The number of methoxy groups -OCH3 is 2. The number of carbonyl (C=O) groups is 2. The highest BCUT2D eigenvalue weighted by atomic mass is 16.5. The summed E-state index contributed by atoms with van der Waals surface area (Å²) in [5.74, 6) is -0.854. The van der Waals surface area contributed by atoms with Crippen LogP contribution < -0.4 is 15.0 Å². The number of carbonyl (C=O) groups excluding carboxylic acids is 1. The fourth-order valence-corrected chi connectivity index (χ4v) is 4.59. The van der Waals surface area contributed by atoms with E-state index < -0.39 is 22.8 Å². The normalized spacial score (nSPS) is 12.4. The number of fused-ring (bicyclic) bond motifs is 3. The fraction of sp³-hybridized carbons (Fsp3) is 0.333. The van der Waals surface area contributed by atoms with Crippen molar-refractivity contribution >= 4 is 12.3 Å². The second kappa shape index (κ2) is 9.05. The molecule has 10 heteroatoms. The first kappa shape index (κ1) is 23.1. The van der Waals surface area contributed by atoms with Gasteiger partial charge in [-0.25, -0.2) is 9.78 Å². The zero-order valence-electron chi connectivity index (χ0n) is 19.1. The van der Waals surface area contributed by atoms with E-state index in [4.69, 9.17) is 9.47 Å². The van der Waals surface area contributed by atoms with Crippen molar-refractivity contribution in [1.29, 1.82) is 0 Å². The Morgan fingerprint density at radius 1 is 1.21 bits per heavy atom. The number of aromatic hydroxyl groups is 1. The molecule has 0 amide bonds. The molecule has 0 bridgehead atoms. The molecule has 0 radical (unpaired) electrons. The van der Waals surface area contributed by atoms with Gasteiger partial charge in [0.2, 0.25) is 0 Å². The zero-order chi connectivity index (χ0) is 24.6. The molecule has 2 heterocycles. The number of hydrogen-bond donors (Lipinski definition) is 2. The number of aldehydes is 1. The molecule has 2 aromatic heterocycles. The maximum absolute atomic E-state index is 13.4. The smallest absolute Gasteiger partial charge is 0.345 e. The maximum atomic E-state index is 13.4. The van der Waals surface area contributed by atoms with Gasteiger partial charge >= 0.3 is 5.97 Å². The molecule has 0 fully saturated rings. The van der Waals surface area contributed by atoms with E-state index in [1.54, 1.807) is 22.8 Å². The first-order valence-electron chi connectivity index (χ1n) is 10.8. The number of hydrogen-bond acceptors (Lipinski definition) is 7. The van der Waals surface area contributed by atoms with Crippen LogP contribution in [0.15, 0.2) is 23.0 Å². The summed E-state index contributed by atoms with van der Waals surface area (Å²) in [4.78, 5) is 41.6. The van der Waals surface area contributed by atoms with E-state index >= 15 is 0 Å². The number of ether oxygens (including phenoxy) is 2. The minimum Gasteiger partial charge on any atom is -0.506 e. The van der Waals surface area contributed by atoms with Crippen LogP contribution in [0.4, 0.5) is 0 Å². The summed E-state index contributed by atoms with van der Waals surface area (Å²) in [5, 5.41) is 20.6. The molecule has 4 rings (SSSR count). The highest BCUT2D eigenvalue weighted by Crippen LogP contribution is 2.38. The number of carboxylic acid groups (broad SMARTS) is 1. The molecular weight excluding hydrogens is 442 g/mol. The van der Waals surface area contributed by atoms with E-state index in [1.165, 1.54) is 18.8 Å². The molecular formula is C24H25N3O7. The molecule has 0 spiro atoms. The summed E-state index contributed by atoms with van der Waals surface area (Å²) < 4.78 is 13.8. The standard InChI is InChI=1S/C24H25N3O7/c1-4-26-16-7-5-6-15-21(20(16)25-18(26)12-28)27(23(30)19(22(15)29)24(31)32)11-13-8-9-14(33-2)10-17(13)34-3/h8-10,12,29H,4-7,11H2,1-3H3,(H,31,32). The molecule has 10 nitrogen and oxygen atoms in total. The van der Waals surface area contributed by atoms with Gasteiger partial charge in [-0.15, -0.1) is 0 Å². The van der Waals surface area contributed by atoms with Gasteiger partial charge in [0.25, 0.3) is 5.56 Å². The monoisotopic (exact) mass is 467 g/mol. The summed E-state index contributed by atoms with van der Waals surface area (Å²) in [6.07, 6.45) is 2.14. The van der Waals surface area contributed by atoms with Crippen molar-refractivity contribution in [2.45, 2.75) is 39.3 Å². The highest BCUT2D eigenvalue weighted by molar-refractivity contribution is 5.92. The van der Waals surface area contributed by atoms with Crippen molar-refractivity contribution in [3.8, 4) is 28.6 Å². The third kappa shape index (κ3) is 3.60. The average Bonchev–Trinajstić information content (AvgIpc) is 3.07. The van der Waals surface area contributed by atoms with Gasteiger partial charge in [0.15, 0.2) is 17.7 Å². The fourth-order valence-electron chi connectivity index (χ4n) is 4.59. The van der Waals surface area contributed by atoms with Gasteiger partial charge in [0.1, 0.15) is 22.9 Å². The summed E-state index contributed by atoms with van der Waals surface area (Å²) in [6.45, 7) is 2.35. The third-order valence-electron chi connectivity index (χ3n) is 6.16. The van der Waals surface area contributed by atoms with Crippen LogP contribution in [0.5, 0.6) is 17.2 Å². The molecule has 1 aromatic carbocycles. The van der Waals surface area contributed by atoms with E-state index in [1.807, 2.05) is 6.92 Å². The third-order valence-corrected chi connectivity index (χ3v) is 6.16. The van der Waals surface area contributed by atoms with E-state index in [-0.39, 0.29) is 12.4 Å². The van der Waals surface area contributed by atoms with E-state index in [0.717, 1.165) is 5.69 Å². The minimum atomic E-state index is -1.52. The molecule has 0 atom stereocenters. The van der Waals surface area contributed by atoms with Crippen LogP contribution in [0.3, 0.4) is 0 Å². The lowest BCUT2D eigenvalue weighted by Gasteiger charge is -2.19. The predicted molar refractivity (Wildman–Crippen MR) is 122 cm³/mol. The number of pyridine rings is 1. The Morgan fingerprint density at radius 3 is 2.59 bits per heavy atom. The molecule has 0 saturated carbocycles. The topological polar surface area (TPSA) is 133 Å². The van der Waals surface area contributed by atoms with Gasteiger partial charge in [0.05, 0.1) is 26.5 Å². The van der Waals surface area contributed by atoms with Gasteiger partial charge < -0.3 is 28.8 Å². The van der Waals surface area contributed by atoms with Crippen LogP contribution in [0.1, 0.15) is 51.1 Å². The molecule has 2 N–H and O–H groups in total.